The molecular formula is C10H9F4N3O. The van der Waals surface area contributed by atoms with Crippen molar-refractivity contribution in [2.24, 2.45) is 5.73 Å². The minimum atomic E-state index is -4.73. The lowest BCUT2D eigenvalue weighted by Gasteiger charge is -2.65. The number of carbonyl (C=O) groups is 1. The van der Waals surface area contributed by atoms with Crippen molar-refractivity contribution in [3.63, 3.8) is 0 Å². The van der Waals surface area contributed by atoms with Crippen LogP contribution in [-0.4, -0.2) is 21.8 Å². The molecule has 3 aliphatic rings. The highest BCUT2D eigenvalue weighted by Crippen LogP contribution is 2.70. The lowest BCUT2D eigenvalue weighted by Crippen LogP contribution is -2.67. The maximum Gasteiger partial charge on any atom is 0.420 e. The first-order chi connectivity index (χ1) is 8.17. The third kappa shape index (κ3) is 1.25. The predicted molar refractivity (Wildman–Crippen MR) is 51.5 cm³/mol. The Hall–Kier alpha value is -1.60. The average molecular weight is 263 g/mol. The van der Waals surface area contributed by atoms with E-state index >= 15 is 0 Å². The number of hydrogen-bond acceptors (Lipinski definition) is 2. The Bertz CT molecular complexity index is 528. The van der Waals surface area contributed by atoms with Gasteiger partial charge in [-0.3, -0.25) is 9.89 Å². The fraction of sp³-hybridized carbons (Fsp3) is 0.600. The fourth-order valence-corrected chi connectivity index (χ4v) is 3.10. The van der Waals surface area contributed by atoms with Crippen LogP contribution in [0.5, 0.6) is 0 Å². The van der Waals surface area contributed by atoms with Gasteiger partial charge >= 0.3 is 6.18 Å². The number of primary amides is 1. The molecule has 0 atom stereocenters. The Kier molecular flexibility index (Phi) is 1.83. The summed E-state index contributed by atoms with van der Waals surface area (Å²) in [4.78, 5) is 11.0. The number of carbonyl (C=O) groups excluding carboxylic acids is 1. The van der Waals surface area contributed by atoms with E-state index in [-0.39, 0.29) is 25.0 Å². The summed E-state index contributed by atoms with van der Waals surface area (Å²) >= 11 is 0. The zero-order chi connectivity index (χ0) is 13.3. The molecule has 98 valence electrons. The molecule has 4 nitrogen and oxygen atoms in total. The minimum Gasteiger partial charge on any atom is -0.364 e. The van der Waals surface area contributed by atoms with E-state index < -0.39 is 34.4 Å². The predicted octanol–water partition coefficient (Wildman–Crippen LogP) is 1.67. The molecule has 3 aliphatic carbocycles. The van der Waals surface area contributed by atoms with Gasteiger partial charge < -0.3 is 5.73 Å². The molecular weight excluding hydrogens is 254 g/mol. The molecule has 0 aliphatic heterocycles. The smallest absolute Gasteiger partial charge is 0.364 e. The van der Waals surface area contributed by atoms with Gasteiger partial charge in [-0.05, 0) is 19.3 Å². The highest BCUT2D eigenvalue weighted by atomic mass is 19.4. The second-order valence-electron chi connectivity index (χ2n) is 5.15. The van der Waals surface area contributed by atoms with Crippen LogP contribution in [-0.2, 0) is 11.6 Å². The number of halogens is 4. The van der Waals surface area contributed by atoms with Crippen LogP contribution in [0.25, 0.3) is 0 Å². The first-order valence-electron chi connectivity index (χ1n) is 5.32. The molecule has 3 saturated carbocycles. The topological polar surface area (TPSA) is 71.8 Å². The van der Waals surface area contributed by atoms with Crippen LogP contribution in [0.4, 0.5) is 17.6 Å². The van der Waals surface area contributed by atoms with Crippen molar-refractivity contribution in [3.05, 3.63) is 17.0 Å². The molecule has 1 amide bonds. The van der Waals surface area contributed by atoms with Gasteiger partial charge in [0.15, 0.2) is 0 Å². The van der Waals surface area contributed by atoms with Crippen LogP contribution in [0.2, 0.25) is 0 Å². The summed E-state index contributed by atoms with van der Waals surface area (Å²) in [7, 11) is 0. The van der Waals surface area contributed by atoms with Crippen molar-refractivity contribution in [3.8, 4) is 0 Å². The molecule has 18 heavy (non-hydrogen) atoms. The van der Waals surface area contributed by atoms with E-state index in [1.54, 1.807) is 0 Å². The SMILES string of the molecule is NC(=O)c1[nH]nc(C23CC(F)(C2)C3)c1C(F)(F)F. The van der Waals surface area contributed by atoms with Gasteiger partial charge in [0.25, 0.3) is 5.91 Å². The molecule has 8 heteroatoms. The third-order valence-electron chi connectivity index (χ3n) is 3.76. The van der Waals surface area contributed by atoms with Crippen LogP contribution in [0.3, 0.4) is 0 Å². The standard InChI is InChI=1S/C10H9F4N3O/c11-9-1-8(2-9,3-9)6-4(10(12,13)14)5(7(15)18)16-17-6/h1-3H2,(H2,15,18)(H,16,17). The molecule has 0 unspecified atom stereocenters. The van der Waals surface area contributed by atoms with Crippen molar-refractivity contribution in [2.75, 3.05) is 0 Å². The summed E-state index contributed by atoms with van der Waals surface area (Å²) in [5.41, 5.74) is 0.501. The van der Waals surface area contributed by atoms with Crippen molar-refractivity contribution in [2.45, 2.75) is 36.5 Å². The summed E-state index contributed by atoms with van der Waals surface area (Å²) in [6, 6.07) is 0. The molecule has 4 rings (SSSR count). The average Bonchev–Trinajstić information content (AvgIpc) is 2.54. The Morgan fingerprint density at radius 3 is 2.28 bits per heavy atom. The second kappa shape index (κ2) is 2.86. The van der Waals surface area contributed by atoms with E-state index in [2.05, 4.69) is 5.10 Å². The quantitative estimate of drug-likeness (QED) is 0.797. The number of nitrogens with one attached hydrogen (secondary N) is 1. The Balaban J connectivity index is 2.09. The van der Waals surface area contributed by atoms with Gasteiger partial charge in [-0.15, -0.1) is 0 Å². The lowest BCUT2D eigenvalue weighted by molar-refractivity contribution is -0.170. The highest BCUT2D eigenvalue weighted by molar-refractivity contribution is 5.93. The van der Waals surface area contributed by atoms with Crippen LogP contribution in [0.1, 0.15) is 41.0 Å². The zero-order valence-corrected chi connectivity index (χ0v) is 9.07. The molecule has 3 fully saturated rings. The van der Waals surface area contributed by atoms with E-state index in [0.717, 1.165) is 0 Å². The number of nitrogens with two attached hydrogens (primary N) is 1. The van der Waals surface area contributed by atoms with Gasteiger partial charge in [0.05, 0.1) is 5.69 Å². The summed E-state index contributed by atoms with van der Waals surface area (Å²) in [5, 5.41) is 5.58. The maximum atomic E-state index is 13.4. The van der Waals surface area contributed by atoms with Gasteiger partial charge in [0.1, 0.15) is 16.9 Å². The summed E-state index contributed by atoms with van der Waals surface area (Å²) in [6.45, 7) is 0. The van der Waals surface area contributed by atoms with Gasteiger partial charge in [-0.25, -0.2) is 4.39 Å². The van der Waals surface area contributed by atoms with Crippen LogP contribution in [0.15, 0.2) is 0 Å². The van der Waals surface area contributed by atoms with Gasteiger partial charge in [-0.2, -0.15) is 18.3 Å². The number of hydrogen-bond donors (Lipinski definition) is 2. The molecule has 0 saturated heterocycles. The molecule has 1 heterocycles. The molecule has 3 N–H and O–H groups in total. The van der Waals surface area contributed by atoms with Crippen molar-refractivity contribution >= 4 is 5.91 Å². The van der Waals surface area contributed by atoms with E-state index in [0.29, 0.717) is 0 Å². The largest absolute Gasteiger partial charge is 0.420 e. The van der Waals surface area contributed by atoms with Crippen molar-refractivity contribution in [1.29, 1.82) is 0 Å². The highest BCUT2D eigenvalue weighted by Gasteiger charge is 2.72. The Morgan fingerprint density at radius 1 is 1.33 bits per heavy atom. The number of aromatic amines is 1. The summed E-state index contributed by atoms with van der Waals surface area (Å²) in [5.74, 6) is -1.22. The molecule has 0 radical (unpaired) electrons. The zero-order valence-electron chi connectivity index (χ0n) is 9.07. The first-order valence-corrected chi connectivity index (χ1v) is 5.32. The minimum absolute atomic E-state index is 0.0339. The van der Waals surface area contributed by atoms with Crippen LogP contribution < -0.4 is 5.73 Å². The third-order valence-corrected chi connectivity index (χ3v) is 3.76. The number of H-pyrrole nitrogens is 1. The molecule has 1 aromatic heterocycles. The van der Waals surface area contributed by atoms with Gasteiger partial charge in [0, 0.05) is 5.41 Å². The number of rotatable bonds is 2. The van der Waals surface area contributed by atoms with E-state index in [1.807, 2.05) is 5.10 Å². The van der Waals surface area contributed by atoms with Crippen molar-refractivity contribution in [1.82, 2.24) is 10.2 Å². The van der Waals surface area contributed by atoms with E-state index in [4.69, 9.17) is 5.73 Å². The summed E-state index contributed by atoms with van der Waals surface area (Å²) < 4.78 is 52.2. The molecule has 0 spiro atoms. The first kappa shape index (κ1) is 11.5. The Labute approximate surface area is 98.5 Å². The molecule has 1 aromatic rings. The number of alkyl halides is 4. The van der Waals surface area contributed by atoms with Crippen LogP contribution in [0, 0.1) is 0 Å². The number of nitrogens with zero attached hydrogens (tertiary/aromatic N) is 1. The monoisotopic (exact) mass is 263 g/mol. The van der Waals surface area contributed by atoms with Gasteiger partial charge in [-0.1, -0.05) is 0 Å². The van der Waals surface area contributed by atoms with Gasteiger partial charge in [0.2, 0.25) is 0 Å². The Morgan fingerprint density at radius 2 is 1.89 bits per heavy atom. The van der Waals surface area contributed by atoms with E-state index in [1.165, 1.54) is 0 Å². The van der Waals surface area contributed by atoms with E-state index in [9.17, 15) is 22.4 Å². The normalized spacial score (nSPS) is 33.8. The van der Waals surface area contributed by atoms with Crippen molar-refractivity contribution < 1.29 is 22.4 Å². The van der Waals surface area contributed by atoms with Crippen LogP contribution >= 0.6 is 0 Å². The second-order valence-corrected chi connectivity index (χ2v) is 5.15. The fourth-order valence-electron chi connectivity index (χ4n) is 3.10. The summed E-state index contributed by atoms with van der Waals surface area (Å²) in [6.07, 6.45) is -4.63. The maximum absolute atomic E-state index is 13.4. The molecule has 0 aromatic carbocycles. The lowest BCUT2D eigenvalue weighted by atomic mass is 9.41. The molecule has 2 bridgehead atoms. The number of amides is 1. The number of aromatic nitrogens is 2.